The molecule has 3 unspecified atom stereocenters. The Hall–Kier alpha value is -1.30. The fourth-order valence-corrected chi connectivity index (χ4v) is 2.65. The lowest BCUT2D eigenvalue weighted by atomic mass is 9.98. The fraction of sp³-hybridized carbons (Fsp3) is 0.583. The minimum absolute atomic E-state index is 0.0303. The molecular weight excluding hydrogens is 256 g/mol. The number of carboxylic acid groups (broad SMARTS) is 1. The number of thioether (sulfide) groups is 1. The van der Waals surface area contributed by atoms with Gasteiger partial charge >= 0.3 is 11.9 Å². The molecule has 0 fully saturated rings. The van der Waals surface area contributed by atoms with Gasteiger partial charge in [0.25, 0.3) is 0 Å². The summed E-state index contributed by atoms with van der Waals surface area (Å²) >= 11 is 1.22. The number of ketones is 1. The molecule has 1 rings (SSSR count). The Bertz CT molecular complexity index is 377. The van der Waals surface area contributed by atoms with Crippen molar-refractivity contribution in [2.75, 3.05) is 12.4 Å². The van der Waals surface area contributed by atoms with Gasteiger partial charge < -0.3 is 9.84 Å². The van der Waals surface area contributed by atoms with Crippen LogP contribution in [0.25, 0.3) is 0 Å². The van der Waals surface area contributed by atoms with E-state index >= 15 is 0 Å². The van der Waals surface area contributed by atoms with E-state index in [4.69, 9.17) is 9.84 Å². The zero-order valence-electron chi connectivity index (χ0n) is 10.3. The van der Waals surface area contributed by atoms with Crippen LogP contribution in [0, 0.1) is 11.8 Å². The van der Waals surface area contributed by atoms with Crippen LogP contribution in [0.1, 0.15) is 13.8 Å². The van der Waals surface area contributed by atoms with Crippen LogP contribution in [0.4, 0.5) is 0 Å². The highest BCUT2D eigenvalue weighted by atomic mass is 32.2. The molecule has 0 bridgehead atoms. The van der Waals surface area contributed by atoms with E-state index in [-0.39, 0.29) is 30.2 Å². The van der Waals surface area contributed by atoms with Crippen LogP contribution in [-0.2, 0) is 19.1 Å². The monoisotopic (exact) mass is 272 g/mol. The van der Waals surface area contributed by atoms with Gasteiger partial charge in [-0.2, -0.15) is 0 Å². The summed E-state index contributed by atoms with van der Waals surface area (Å²) in [5.41, 5.74) is 0. The molecule has 0 spiro atoms. The molecule has 0 heterocycles. The van der Waals surface area contributed by atoms with Crippen molar-refractivity contribution >= 4 is 29.5 Å². The molecule has 0 amide bonds. The maximum absolute atomic E-state index is 11.6. The van der Waals surface area contributed by atoms with Crippen LogP contribution in [0.2, 0.25) is 0 Å². The van der Waals surface area contributed by atoms with E-state index in [1.54, 1.807) is 13.0 Å². The highest BCUT2D eigenvalue weighted by molar-refractivity contribution is 8.00. The number of esters is 1. The average Bonchev–Trinajstić information content (AvgIpc) is 2.64. The normalized spacial score (nSPS) is 24.0. The molecule has 6 heteroatoms. The van der Waals surface area contributed by atoms with E-state index in [0.29, 0.717) is 5.75 Å². The summed E-state index contributed by atoms with van der Waals surface area (Å²) in [7, 11) is 0. The highest BCUT2D eigenvalue weighted by Crippen LogP contribution is 2.28. The molecular formula is C12H16O5S. The SMILES string of the molecule is CC(=O)OCC1C=CC(=O)C1CSC(C)C(=O)O. The van der Waals surface area contributed by atoms with Crippen LogP contribution in [0.15, 0.2) is 12.2 Å². The lowest BCUT2D eigenvalue weighted by Gasteiger charge is -2.18. The predicted molar refractivity (Wildman–Crippen MR) is 67.3 cm³/mol. The number of aliphatic carboxylic acids is 1. The minimum atomic E-state index is -0.894. The van der Waals surface area contributed by atoms with Crippen molar-refractivity contribution in [3.8, 4) is 0 Å². The number of carbonyl (C=O) groups is 3. The van der Waals surface area contributed by atoms with Gasteiger partial charge in [-0.05, 0) is 13.0 Å². The molecule has 3 atom stereocenters. The summed E-state index contributed by atoms with van der Waals surface area (Å²) in [5.74, 6) is -1.32. The molecule has 0 aromatic rings. The van der Waals surface area contributed by atoms with E-state index in [0.717, 1.165) is 0 Å². The smallest absolute Gasteiger partial charge is 0.316 e. The molecule has 0 aromatic carbocycles. The van der Waals surface area contributed by atoms with Crippen molar-refractivity contribution in [3.63, 3.8) is 0 Å². The topological polar surface area (TPSA) is 80.7 Å². The van der Waals surface area contributed by atoms with Crippen LogP contribution in [-0.4, -0.2) is 40.4 Å². The van der Waals surface area contributed by atoms with Crippen molar-refractivity contribution in [1.29, 1.82) is 0 Å². The number of hydrogen-bond acceptors (Lipinski definition) is 5. The molecule has 100 valence electrons. The summed E-state index contributed by atoms with van der Waals surface area (Å²) in [6.45, 7) is 3.07. The maximum Gasteiger partial charge on any atom is 0.316 e. The molecule has 0 aliphatic heterocycles. The van der Waals surface area contributed by atoms with Gasteiger partial charge in [-0.3, -0.25) is 14.4 Å². The quantitative estimate of drug-likeness (QED) is 0.730. The Morgan fingerprint density at radius 3 is 2.78 bits per heavy atom. The molecule has 0 saturated heterocycles. The van der Waals surface area contributed by atoms with Gasteiger partial charge in [0, 0.05) is 24.5 Å². The second kappa shape index (κ2) is 6.58. The van der Waals surface area contributed by atoms with Gasteiger partial charge in [0.15, 0.2) is 5.78 Å². The summed E-state index contributed by atoms with van der Waals surface area (Å²) in [5, 5.41) is 8.22. The summed E-state index contributed by atoms with van der Waals surface area (Å²) in [6.07, 6.45) is 3.20. The third-order valence-corrected chi connectivity index (χ3v) is 4.00. The lowest BCUT2D eigenvalue weighted by molar-refractivity contribution is -0.142. The third-order valence-electron chi connectivity index (χ3n) is 2.74. The van der Waals surface area contributed by atoms with Crippen LogP contribution in [0.3, 0.4) is 0 Å². The summed E-state index contributed by atoms with van der Waals surface area (Å²) in [6, 6.07) is 0. The number of rotatable bonds is 6. The Morgan fingerprint density at radius 1 is 1.56 bits per heavy atom. The maximum atomic E-state index is 11.6. The summed E-state index contributed by atoms with van der Waals surface area (Å²) < 4.78 is 4.89. The molecule has 1 N–H and O–H groups in total. The molecule has 0 aromatic heterocycles. The fourth-order valence-electron chi connectivity index (χ4n) is 1.60. The van der Waals surface area contributed by atoms with E-state index in [2.05, 4.69) is 0 Å². The van der Waals surface area contributed by atoms with Gasteiger partial charge in [-0.1, -0.05) is 6.08 Å². The first-order valence-corrected chi connectivity index (χ1v) is 6.66. The van der Waals surface area contributed by atoms with E-state index in [9.17, 15) is 14.4 Å². The van der Waals surface area contributed by atoms with Crippen molar-refractivity contribution in [3.05, 3.63) is 12.2 Å². The number of ether oxygens (including phenoxy) is 1. The average molecular weight is 272 g/mol. The van der Waals surface area contributed by atoms with Gasteiger partial charge in [0.05, 0.1) is 11.9 Å². The van der Waals surface area contributed by atoms with Crippen molar-refractivity contribution < 1.29 is 24.2 Å². The van der Waals surface area contributed by atoms with Crippen molar-refractivity contribution in [1.82, 2.24) is 0 Å². The van der Waals surface area contributed by atoms with Crippen LogP contribution >= 0.6 is 11.8 Å². The van der Waals surface area contributed by atoms with E-state index < -0.39 is 11.2 Å². The Labute approximate surface area is 110 Å². The highest BCUT2D eigenvalue weighted by Gasteiger charge is 2.31. The molecule has 0 radical (unpaired) electrons. The standard InChI is InChI=1S/C12H16O5S/c1-7(12(15)16)18-6-10-9(3-4-11(10)14)5-17-8(2)13/h3-4,7,9-10H,5-6H2,1-2H3,(H,15,16). The molecule has 1 aliphatic carbocycles. The van der Waals surface area contributed by atoms with Crippen LogP contribution in [0.5, 0.6) is 0 Å². The van der Waals surface area contributed by atoms with Crippen LogP contribution < -0.4 is 0 Å². The first kappa shape index (κ1) is 14.8. The van der Waals surface area contributed by atoms with Gasteiger partial charge in [-0.15, -0.1) is 11.8 Å². The molecule has 18 heavy (non-hydrogen) atoms. The first-order valence-electron chi connectivity index (χ1n) is 5.61. The zero-order valence-corrected chi connectivity index (χ0v) is 11.1. The predicted octanol–water partition coefficient (Wildman–Crippen LogP) is 1.13. The first-order chi connectivity index (χ1) is 8.41. The van der Waals surface area contributed by atoms with E-state index in [1.165, 1.54) is 24.8 Å². The Balaban J connectivity index is 2.48. The Kier molecular flexibility index (Phi) is 5.40. The zero-order chi connectivity index (χ0) is 13.7. The Morgan fingerprint density at radius 2 is 2.22 bits per heavy atom. The number of carboxylic acids is 1. The molecule has 0 saturated carbocycles. The van der Waals surface area contributed by atoms with Gasteiger partial charge in [0.1, 0.15) is 0 Å². The largest absolute Gasteiger partial charge is 0.480 e. The summed E-state index contributed by atoms with van der Waals surface area (Å²) in [4.78, 5) is 33.0. The number of carbonyl (C=O) groups excluding carboxylic acids is 2. The van der Waals surface area contributed by atoms with Crippen molar-refractivity contribution in [2.45, 2.75) is 19.1 Å². The lowest BCUT2D eigenvalue weighted by Crippen LogP contribution is -2.25. The second-order valence-corrected chi connectivity index (χ2v) is 5.52. The third kappa shape index (κ3) is 4.18. The number of allylic oxidation sites excluding steroid dienone is 1. The van der Waals surface area contributed by atoms with Crippen molar-refractivity contribution in [2.24, 2.45) is 11.8 Å². The van der Waals surface area contributed by atoms with E-state index in [1.807, 2.05) is 0 Å². The molecule has 5 nitrogen and oxygen atoms in total. The van der Waals surface area contributed by atoms with Gasteiger partial charge in [0.2, 0.25) is 0 Å². The number of hydrogen-bond donors (Lipinski definition) is 1. The minimum Gasteiger partial charge on any atom is -0.480 e. The second-order valence-electron chi connectivity index (χ2n) is 4.15. The van der Waals surface area contributed by atoms with Gasteiger partial charge in [-0.25, -0.2) is 0 Å². The molecule has 1 aliphatic rings.